The van der Waals surface area contributed by atoms with Crippen LogP contribution in [0.15, 0.2) is 30.3 Å². The van der Waals surface area contributed by atoms with Gasteiger partial charge in [0.1, 0.15) is 10.1 Å². The second-order valence-corrected chi connectivity index (χ2v) is 8.97. The van der Waals surface area contributed by atoms with Gasteiger partial charge in [-0.1, -0.05) is 23.2 Å². The Kier molecular flexibility index (Phi) is 6.25. The summed E-state index contributed by atoms with van der Waals surface area (Å²) in [5.74, 6) is 0.243. The summed E-state index contributed by atoms with van der Waals surface area (Å²) in [7, 11) is 0. The quantitative estimate of drug-likeness (QED) is 0.673. The highest BCUT2D eigenvalue weighted by Gasteiger charge is 2.36. The molecule has 4 nitrogen and oxygen atoms in total. The lowest BCUT2D eigenvalue weighted by Crippen LogP contribution is -2.42. The van der Waals surface area contributed by atoms with Crippen molar-refractivity contribution >= 4 is 40.3 Å². The molecule has 1 saturated heterocycles. The third-order valence-corrected chi connectivity index (χ3v) is 6.40. The number of rotatable bonds is 6. The zero-order valence-corrected chi connectivity index (χ0v) is 16.6. The summed E-state index contributed by atoms with van der Waals surface area (Å²) in [5.41, 5.74) is 0.440. The Balaban J connectivity index is 1.46. The van der Waals surface area contributed by atoms with E-state index in [0.29, 0.717) is 33.5 Å². The maximum atomic E-state index is 12.2. The van der Waals surface area contributed by atoms with E-state index in [9.17, 15) is 15.0 Å². The van der Waals surface area contributed by atoms with E-state index < -0.39 is 5.60 Å². The van der Waals surface area contributed by atoms with E-state index >= 15 is 0 Å². The molecule has 1 aliphatic rings. The average Bonchev–Trinajstić information content (AvgIpc) is 2.96. The van der Waals surface area contributed by atoms with E-state index in [1.807, 2.05) is 0 Å². The smallest absolute Gasteiger partial charge is 0.162 e. The molecular formula is C19H21Cl2NO3S. The van der Waals surface area contributed by atoms with Gasteiger partial charge in [0, 0.05) is 30.6 Å². The average molecular weight is 414 g/mol. The SMILES string of the molecule is O=C(CCCN1CCC(O)(c2cc(Cl)sc2Cl)CC1)c1ccc(O)cc1. The molecular weight excluding hydrogens is 393 g/mol. The Morgan fingerprint density at radius 1 is 1.19 bits per heavy atom. The van der Waals surface area contributed by atoms with Gasteiger partial charge in [0.15, 0.2) is 5.78 Å². The van der Waals surface area contributed by atoms with Gasteiger partial charge in [-0.05, 0) is 56.1 Å². The highest BCUT2D eigenvalue weighted by atomic mass is 35.5. The van der Waals surface area contributed by atoms with Gasteiger partial charge in [-0.25, -0.2) is 0 Å². The second-order valence-electron chi connectivity index (χ2n) is 6.68. The first kappa shape index (κ1) is 19.6. The van der Waals surface area contributed by atoms with Crippen molar-refractivity contribution in [2.24, 2.45) is 0 Å². The predicted octanol–water partition coefficient (Wildman–Crippen LogP) is 4.71. The summed E-state index contributed by atoms with van der Waals surface area (Å²) >= 11 is 13.5. The largest absolute Gasteiger partial charge is 0.508 e. The minimum absolute atomic E-state index is 0.0817. The molecule has 1 aliphatic heterocycles. The van der Waals surface area contributed by atoms with Crippen LogP contribution in [0.1, 0.15) is 41.6 Å². The van der Waals surface area contributed by atoms with Crippen LogP contribution in [0, 0.1) is 0 Å². The highest BCUT2D eigenvalue weighted by molar-refractivity contribution is 7.20. The number of thiophene rings is 1. The van der Waals surface area contributed by atoms with Crippen LogP contribution in [-0.4, -0.2) is 40.5 Å². The van der Waals surface area contributed by atoms with Crippen LogP contribution in [0.2, 0.25) is 8.67 Å². The van der Waals surface area contributed by atoms with E-state index in [4.69, 9.17) is 23.2 Å². The Hall–Kier alpha value is -1.11. The number of carbonyl (C=O) groups excluding carboxylic acids is 1. The number of nitrogens with zero attached hydrogens (tertiary/aromatic N) is 1. The van der Waals surface area contributed by atoms with Crippen molar-refractivity contribution in [1.82, 2.24) is 4.90 Å². The van der Waals surface area contributed by atoms with E-state index in [2.05, 4.69) is 4.90 Å². The minimum atomic E-state index is -0.918. The van der Waals surface area contributed by atoms with Gasteiger partial charge in [-0.15, -0.1) is 11.3 Å². The topological polar surface area (TPSA) is 60.8 Å². The Labute approximate surface area is 167 Å². The molecule has 1 aromatic heterocycles. The number of hydrogen-bond acceptors (Lipinski definition) is 5. The monoisotopic (exact) mass is 413 g/mol. The summed E-state index contributed by atoms with van der Waals surface area (Å²) in [5, 5.41) is 20.2. The summed E-state index contributed by atoms with van der Waals surface area (Å²) in [4.78, 5) is 14.4. The summed E-state index contributed by atoms with van der Waals surface area (Å²) in [6.07, 6.45) is 2.44. The molecule has 1 aromatic carbocycles. The number of carbonyl (C=O) groups is 1. The van der Waals surface area contributed by atoms with Crippen molar-refractivity contribution < 1.29 is 15.0 Å². The molecule has 26 heavy (non-hydrogen) atoms. The van der Waals surface area contributed by atoms with Crippen LogP contribution in [0.4, 0.5) is 0 Å². The normalized spacial score (nSPS) is 17.3. The lowest BCUT2D eigenvalue weighted by Gasteiger charge is -2.38. The number of aromatic hydroxyl groups is 1. The van der Waals surface area contributed by atoms with Gasteiger partial charge in [0.05, 0.1) is 9.94 Å². The van der Waals surface area contributed by atoms with Crippen LogP contribution in [0.3, 0.4) is 0 Å². The number of aliphatic hydroxyl groups is 1. The zero-order chi connectivity index (χ0) is 18.7. The van der Waals surface area contributed by atoms with E-state index in [-0.39, 0.29) is 11.5 Å². The second kappa shape index (κ2) is 8.28. The maximum absolute atomic E-state index is 12.2. The Bertz CT molecular complexity index is 768. The zero-order valence-electron chi connectivity index (χ0n) is 14.3. The molecule has 0 bridgehead atoms. The maximum Gasteiger partial charge on any atom is 0.162 e. The van der Waals surface area contributed by atoms with Crippen molar-refractivity contribution in [2.45, 2.75) is 31.3 Å². The fourth-order valence-electron chi connectivity index (χ4n) is 3.33. The number of benzene rings is 1. The lowest BCUT2D eigenvalue weighted by atomic mass is 9.86. The molecule has 2 N–H and O–H groups in total. The van der Waals surface area contributed by atoms with Crippen molar-refractivity contribution in [2.75, 3.05) is 19.6 Å². The Morgan fingerprint density at radius 3 is 2.42 bits per heavy atom. The number of phenols is 1. The number of piperidine rings is 1. The first-order chi connectivity index (χ1) is 12.4. The minimum Gasteiger partial charge on any atom is -0.508 e. The van der Waals surface area contributed by atoms with Crippen molar-refractivity contribution in [3.05, 3.63) is 50.1 Å². The van der Waals surface area contributed by atoms with Crippen LogP contribution in [0.25, 0.3) is 0 Å². The summed E-state index contributed by atoms with van der Waals surface area (Å²) < 4.78 is 1.15. The molecule has 2 heterocycles. The molecule has 0 atom stereocenters. The highest BCUT2D eigenvalue weighted by Crippen LogP contribution is 2.42. The van der Waals surface area contributed by atoms with Crippen LogP contribution in [0.5, 0.6) is 5.75 Å². The number of halogens is 2. The molecule has 3 rings (SSSR count). The number of likely N-dealkylation sites (tertiary alicyclic amines) is 1. The van der Waals surface area contributed by atoms with E-state index in [1.165, 1.54) is 23.5 Å². The predicted molar refractivity (Wildman–Crippen MR) is 106 cm³/mol. The molecule has 0 spiro atoms. The number of ketones is 1. The third kappa shape index (κ3) is 4.59. The van der Waals surface area contributed by atoms with Crippen LogP contribution in [-0.2, 0) is 5.60 Å². The van der Waals surface area contributed by atoms with Crippen LogP contribution >= 0.6 is 34.5 Å². The molecule has 0 radical (unpaired) electrons. The molecule has 0 aliphatic carbocycles. The number of Topliss-reactive ketones (excluding diaryl/α,β-unsaturated/α-hetero) is 1. The first-order valence-corrected chi connectivity index (χ1v) is 10.2. The fraction of sp³-hybridized carbons (Fsp3) is 0.421. The summed E-state index contributed by atoms with van der Waals surface area (Å²) in [6.45, 7) is 2.33. The molecule has 0 unspecified atom stereocenters. The molecule has 2 aromatic rings. The molecule has 7 heteroatoms. The molecule has 1 fully saturated rings. The first-order valence-electron chi connectivity index (χ1n) is 8.60. The molecule has 140 valence electrons. The fourth-order valence-corrected chi connectivity index (χ4v) is 4.97. The van der Waals surface area contributed by atoms with Crippen molar-refractivity contribution in [3.8, 4) is 5.75 Å². The van der Waals surface area contributed by atoms with Gasteiger partial charge < -0.3 is 15.1 Å². The van der Waals surface area contributed by atoms with E-state index in [0.717, 1.165) is 31.6 Å². The van der Waals surface area contributed by atoms with Crippen molar-refractivity contribution in [3.63, 3.8) is 0 Å². The third-order valence-electron chi connectivity index (χ3n) is 4.91. The standard InChI is InChI=1S/C19H21Cl2NO3S/c20-17-12-15(18(21)26-17)19(25)7-10-22(11-8-19)9-1-2-16(24)13-3-5-14(23)6-4-13/h3-6,12,23,25H,1-2,7-11H2. The number of hydrogen-bond donors (Lipinski definition) is 2. The van der Waals surface area contributed by atoms with Gasteiger partial charge >= 0.3 is 0 Å². The summed E-state index contributed by atoms with van der Waals surface area (Å²) in [6, 6.07) is 8.12. The molecule has 0 saturated carbocycles. The van der Waals surface area contributed by atoms with Crippen molar-refractivity contribution in [1.29, 1.82) is 0 Å². The Morgan fingerprint density at radius 2 is 1.85 bits per heavy atom. The van der Waals surface area contributed by atoms with Gasteiger partial charge in [-0.3, -0.25) is 4.79 Å². The van der Waals surface area contributed by atoms with Gasteiger partial charge in [-0.2, -0.15) is 0 Å². The van der Waals surface area contributed by atoms with Gasteiger partial charge in [0.25, 0.3) is 0 Å². The molecule has 0 amide bonds. The lowest BCUT2D eigenvalue weighted by molar-refractivity contribution is -0.0256. The number of phenolic OH excluding ortho intramolecular Hbond substituents is 1. The van der Waals surface area contributed by atoms with Crippen LogP contribution < -0.4 is 0 Å². The van der Waals surface area contributed by atoms with Gasteiger partial charge in [0.2, 0.25) is 0 Å². The van der Waals surface area contributed by atoms with E-state index in [1.54, 1.807) is 18.2 Å².